The van der Waals surface area contributed by atoms with E-state index in [2.05, 4.69) is 36.5 Å². The highest BCUT2D eigenvalue weighted by Crippen LogP contribution is 2.33. The number of nitrogens with zero attached hydrogens (tertiary/aromatic N) is 5. The summed E-state index contributed by atoms with van der Waals surface area (Å²) >= 11 is 9.55. The highest BCUT2D eigenvalue weighted by Gasteiger charge is 2.39. The average Bonchev–Trinajstić information content (AvgIpc) is 3.39. The van der Waals surface area contributed by atoms with Crippen LogP contribution in [0.15, 0.2) is 48.7 Å². The quantitative estimate of drug-likeness (QED) is 0.457. The zero-order valence-corrected chi connectivity index (χ0v) is 19.9. The van der Waals surface area contributed by atoms with Crippen molar-refractivity contribution in [2.75, 3.05) is 6.54 Å². The van der Waals surface area contributed by atoms with Crippen molar-refractivity contribution < 1.29 is 28.5 Å². The number of aromatic nitrogens is 1. The molecule has 0 bridgehead atoms. The van der Waals surface area contributed by atoms with Crippen molar-refractivity contribution in [2.45, 2.75) is 51.7 Å². The molecular weight excluding hydrogens is 506 g/mol. The molecule has 1 aliphatic carbocycles. The molecular formula is C20H22BrClN5O5+. The highest BCUT2D eigenvalue weighted by molar-refractivity contribution is 9.10. The number of quaternary nitrogens is 1. The van der Waals surface area contributed by atoms with Gasteiger partial charge in [0.25, 0.3) is 11.7 Å². The Kier molecular flexibility index (Phi) is 6.77. The van der Waals surface area contributed by atoms with Gasteiger partial charge in [0.15, 0.2) is 6.54 Å². The van der Waals surface area contributed by atoms with Crippen LogP contribution in [0, 0.1) is 0 Å². The van der Waals surface area contributed by atoms with E-state index in [1.807, 2.05) is 18.2 Å². The molecule has 12 heteroatoms. The number of hydrogen-bond donors (Lipinski definition) is 0. The van der Waals surface area contributed by atoms with E-state index in [0.717, 1.165) is 35.9 Å². The lowest BCUT2D eigenvalue weighted by Crippen LogP contribution is -2.37. The highest BCUT2D eigenvalue weighted by atomic mass is 79.9. The molecule has 4 rings (SSSR count). The van der Waals surface area contributed by atoms with Crippen LogP contribution in [0.2, 0.25) is 5.02 Å². The van der Waals surface area contributed by atoms with Gasteiger partial charge in [-0.25, -0.2) is 9.63 Å². The van der Waals surface area contributed by atoms with Crippen molar-refractivity contribution in [1.82, 2.24) is 5.16 Å². The second kappa shape index (κ2) is 9.55. The molecule has 1 aliphatic heterocycles. The van der Waals surface area contributed by atoms with Crippen LogP contribution in [0.1, 0.15) is 45.3 Å². The number of ether oxygens (including phenoxy) is 2. The number of hydrogen-bond acceptors (Lipinski definition) is 9. The van der Waals surface area contributed by atoms with Gasteiger partial charge in [-0.2, -0.15) is 0 Å². The monoisotopic (exact) mass is 526 g/mol. The summed E-state index contributed by atoms with van der Waals surface area (Å²) in [6, 6.07) is 7.10. The Balaban J connectivity index is 1.32. The molecule has 1 unspecified atom stereocenters. The number of carbonyl (C=O) groups is 1. The molecule has 170 valence electrons. The van der Waals surface area contributed by atoms with E-state index in [0.29, 0.717) is 17.4 Å². The van der Waals surface area contributed by atoms with Gasteiger partial charge < -0.3 is 14.0 Å². The third-order valence-electron chi connectivity index (χ3n) is 5.02. The number of hydroxylamine groups is 1. The Labute approximate surface area is 197 Å². The fraction of sp³-hybridized carbons (Fsp3) is 0.450. The predicted octanol–water partition coefficient (Wildman–Crippen LogP) is 5.22. The van der Waals surface area contributed by atoms with Gasteiger partial charge in [-0.3, -0.25) is 0 Å². The van der Waals surface area contributed by atoms with Crippen LogP contribution in [0.25, 0.3) is 0 Å². The van der Waals surface area contributed by atoms with Gasteiger partial charge in [-0.15, -0.1) is 0 Å². The molecule has 2 aliphatic rings. The van der Waals surface area contributed by atoms with Crippen LogP contribution in [-0.2, 0) is 9.63 Å². The molecule has 10 nitrogen and oxygen atoms in total. The lowest BCUT2D eigenvalue weighted by atomic mass is 9.95. The van der Waals surface area contributed by atoms with Crippen LogP contribution in [0.5, 0.6) is 11.6 Å². The second-order valence-corrected chi connectivity index (χ2v) is 8.71. The predicted molar refractivity (Wildman–Crippen MR) is 117 cm³/mol. The summed E-state index contributed by atoms with van der Waals surface area (Å²) < 4.78 is 18.3. The van der Waals surface area contributed by atoms with Crippen molar-refractivity contribution in [2.24, 2.45) is 15.4 Å². The summed E-state index contributed by atoms with van der Waals surface area (Å²) in [4.78, 5) is 15.8. The Morgan fingerprint density at radius 3 is 2.62 bits per heavy atom. The van der Waals surface area contributed by atoms with Crippen LogP contribution in [0.4, 0.5) is 0 Å². The van der Waals surface area contributed by atoms with Crippen molar-refractivity contribution in [3.8, 4) is 11.6 Å². The number of rotatable bonds is 7. The first-order valence-electron chi connectivity index (χ1n) is 10.2. The van der Waals surface area contributed by atoms with Crippen LogP contribution >= 0.6 is 27.5 Å². The third-order valence-corrected chi connectivity index (χ3v) is 5.91. The minimum absolute atomic E-state index is 0.00527. The Morgan fingerprint density at radius 2 is 1.94 bits per heavy atom. The maximum atomic E-state index is 11.3. The molecule has 0 radical (unpaired) electrons. The standard InChI is InChI=1S/C20H22BrClN5O5/c1-3-27(32-12(2)28)24-20(23-26-27)18-11-19(25-31-18)30-15-7-5-14(6-8-15)29-17-10-13(22)4-9-16(17)21/h4,9-11,14-15H,3,5-8H2,1-2H3/q+1. The molecule has 0 N–H and O–H groups in total. The second-order valence-electron chi connectivity index (χ2n) is 7.42. The first-order valence-corrected chi connectivity index (χ1v) is 11.4. The van der Waals surface area contributed by atoms with Crippen molar-refractivity contribution >= 4 is 39.3 Å². The lowest BCUT2D eigenvalue weighted by Gasteiger charge is -2.29. The number of amidine groups is 1. The fourth-order valence-electron chi connectivity index (χ4n) is 3.45. The molecule has 0 spiro atoms. The smallest absolute Gasteiger partial charge is 0.371 e. The summed E-state index contributed by atoms with van der Waals surface area (Å²) in [6.07, 6.45) is 3.39. The van der Waals surface area contributed by atoms with E-state index in [9.17, 15) is 4.79 Å². The Hall–Kier alpha value is -2.50. The summed E-state index contributed by atoms with van der Waals surface area (Å²) in [5, 5.41) is 16.7. The molecule has 2 heterocycles. The number of benzene rings is 1. The van der Waals surface area contributed by atoms with Gasteiger partial charge >= 0.3 is 5.97 Å². The topological polar surface area (TPSA) is 108 Å². The van der Waals surface area contributed by atoms with Gasteiger partial charge in [0.1, 0.15) is 21.9 Å². The first-order chi connectivity index (χ1) is 15.4. The minimum Gasteiger partial charge on any atom is -0.489 e. The van der Waals surface area contributed by atoms with Crippen LogP contribution in [-0.4, -0.2) is 40.6 Å². The maximum Gasteiger partial charge on any atom is 0.371 e. The van der Waals surface area contributed by atoms with E-state index in [1.165, 1.54) is 6.92 Å². The molecule has 32 heavy (non-hydrogen) atoms. The SMILES string of the molecule is CC[N+]1(OC(C)=O)N=NC(c2cc(OC3CCC(Oc4cc(Cl)ccc4Br)CC3)no2)=N1. The van der Waals surface area contributed by atoms with Gasteiger partial charge in [-0.1, -0.05) is 16.7 Å². The molecule has 1 aromatic heterocycles. The third kappa shape index (κ3) is 5.28. The summed E-state index contributed by atoms with van der Waals surface area (Å²) in [6.45, 7) is 3.35. The fourth-order valence-corrected chi connectivity index (χ4v) is 3.95. The van der Waals surface area contributed by atoms with E-state index in [-0.39, 0.29) is 23.8 Å². The van der Waals surface area contributed by atoms with E-state index >= 15 is 0 Å². The van der Waals surface area contributed by atoms with Crippen LogP contribution < -0.4 is 9.47 Å². The molecule has 1 atom stereocenters. The number of carbonyl (C=O) groups excluding carboxylic acids is 1. The van der Waals surface area contributed by atoms with E-state index < -0.39 is 10.8 Å². The summed E-state index contributed by atoms with van der Waals surface area (Å²) in [5.41, 5.74) is 0. The van der Waals surface area contributed by atoms with Gasteiger partial charge in [-0.05, 0) is 71.9 Å². The van der Waals surface area contributed by atoms with Gasteiger partial charge in [0.2, 0.25) is 5.76 Å². The van der Waals surface area contributed by atoms with Gasteiger partial charge in [0, 0.05) is 17.0 Å². The zero-order chi connectivity index (χ0) is 22.7. The maximum absolute atomic E-state index is 11.3. The molecule has 1 aromatic carbocycles. The molecule has 1 saturated carbocycles. The van der Waals surface area contributed by atoms with Crippen LogP contribution in [0.3, 0.4) is 0 Å². The van der Waals surface area contributed by atoms with Gasteiger partial charge in [0.05, 0.1) is 16.6 Å². The number of halogens is 2. The Bertz CT molecular complexity index is 1050. The minimum atomic E-state index is -0.617. The Morgan fingerprint density at radius 1 is 1.22 bits per heavy atom. The normalized spacial score (nSPS) is 24.8. The zero-order valence-electron chi connectivity index (χ0n) is 17.5. The summed E-state index contributed by atoms with van der Waals surface area (Å²) in [5.74, 6) is 1.03. The molecule has 0 saturated heterocycles. The lowest BCUT2D eigenvalue weighted by molar-refractivity contribution is -1.10. The van der Waals surface area contributed by atoms with E-state index in [1.54, 1.807) is 13.0 Å². The average molecular weight is 528 g/mol. The molecule has 1 fully saturated rings. The van der Waals surface area contributed by atoms with Crippen molar-refractivity contribution in [3.05, 3.63) is 39.5 Å². The molecule has 0 amide bonds. The first kappa shape index (κ1) is 22.7. The molecule has 2 aromatic rings. The largest absolute Gasteiger partial charge is 0.489 e. The van der Waals surface area contributed by atoms with Crippen molar-refractivity contribution in [1.29, 1.82) is 0 Å². The van der Waals surface area contributed by atoms with E-state index in [4.69, 9.17) is 30.4 Å². The summed E-state index contributed by atoms with van der Waals surface area (Å²) in [7, 11) is 0. The van der Waals surface area contributed by atoms with Crippen molar-refractivity contribution in [3.63, 3.8) is 0 Å².